The van der Waals surface area contributed by atoms with Crippen LogP contribution in [-0.2, 0) is 0 Å². The molecule has 0 atom stereocenters. The van der Waals surface area contributed by atoms with Crippen LogP contribution in [0.2, 0.25) is 5.02 Å². The van der Waals surface area contributed by atoms with Gasteiger partial charge in [-0.2, -0.15) is 61.5 Å². The maximum atomic E-state index is 14.0. The first-order valence-corrected chi connectivity index (χ1v) is 41.7. The van der Waals surface area contributed by atoms with Crippen LogP contribution in [0.4, 0.5) is 70.2 Å². The maximum absolute atomic E-state index is 14.0. The summed E-state index contributed by atoms with van der Waals surface area (Å²) >= 11 is 5.80. The Hall–Kier alpha value is -14.7. The number of para-hydroxylation sites is 4. The molecule has 0 saturated heterocycles. The second kappa shape index (κ2) is 52.7. The van der Waals surface area contributed by atoms with E-state index in [4.69, 9.17) is 59.0 Å². The highest BCUT2D eigenvalue weighted by molar-refractivity contribution is 6.32. The van der Waals surface area contributed by atoms with E-state index in [9.17, 15) is 104 Å². The van der Waals surface area contributed by atoms with Crippen LogP contribution in [-0.4, -0.2) is 166 Å². The molecule has 0 saturated carbocycles. The van der Waals surface area contributed by atoms with Gasteiger partial charge < -0.3 is 52.1 Å². The highest BCUT2D eigenvalue weighted by Gasteiger charge is 2.93. The van der Waals surface area contributed by atoms with Crippen molar-refractivity contribution in [2.75, 3.05) is 77.7 Å². The van der Waals surface area contributed by atoms with Crippen LogP contribution in [0.3, 0.4) is 0 Å². The van der Waals surface area contributed by atoms with Gasteiger partial charge in [0.25, 0.3) is 0 Å². The zero-order valence-corrected chi connectivity index (χ0v) is 79.3. The van der Waals surface area contributed by atoms with E-state index >= 15 is 0 Å². The third-order valence-corrected chi connectivity index (χ3v) is 20.4. The van der Waals surface area contributed by atoms with E-state index in [1.54, 1.807) is 178 Å². The van der Waals surface area contributed by atoms with Gasteiger partial charge in [-0.1, -0.05) is 145 Å². The van der Waals surface area contributed by atoms with Crippen molar-refractivity contribution in [2.45, 2.75) is 96.3 Å². The summed E-state index contributed by atoms with van der Waals surface area (Å²) in [7, 11) is 16.2. The summed E-state index contributed by atoms with van der Waals surface area (Å²) in [6.45, 7) is 7.42. The molecule has 0 unspecified atom stereocenters. The van der Waals surface area contributed by atoms with E-state index in [-0.39, 0.29) is 51.0 Å². The van der Waals surface area contributed by atoms with Crippen LogP contribution in [0.15, 0.2) is 273 Å². The number of Topliss-reactive ketones (excluding diaryl/α,β-unsaturated/α-hetero) is 7. The SMILES string of the molecule is CC(=O)c1ccc(C(C)=O)cc1.CC(=O)c1ccc2cc(C(C)=O)ccc2c1.CC(=O)c1ccc2cc(OCC(F)(F)C(F)(F)C(F)(F)C(F)(F)C(F)(F)C(F)(F)C(F)(F)C(F)F)ccc2c1.COc1ccc(-c2ccc(OC)cc2)cc1.COc1ccc(C(C)=O)cc1.COc1ccc(OC)c(Cl)c1.COc1ccc2cc(C(C)=O)ccc2c1.COc1ccccc1OC.COc1ccccc1OC. The highest BCUT2D eigenvalue weighted by atomic mass is 35.5. The number of carbonyl (C=O) groups excluding carboxylic acids is 7. The minimum absolute atomic E-state index is 0.0186. The number of ketones is 7. The Morgan fingerprint density at radius 1 is 0.243 bits per heavy atom. The minimum atomic E-state index is -8.45. The molecular formula is C105H99ClF16O18. The lowest BCUT2D eigenvalue weighted by Gasteiger charge is -2.42. The molecule has 0 aliphatic carbocycles. The number of carbonyl (C=O) groups is 7. The summed E-state index contributed by atoms with van der Waals surface area (Å²) < 4.78 is 269. The maximum Gasteiger partial charge on any atom is 0.385 e. The van der Waals surface area contributed by atoms with Crippen LogP contribution in [0.1, 0.15) is 121 Å². The number of rotatable bonds is 28. The van der Waals surface area contributed by atoms with E-state index in [1.165, 1.54) is 50.1 Å². The fourth-order valence-electron chi connectivity index (χ4n) is 11.9. The summed E-state index contributed by atoms with van der Waals surface area (Å²) in [6.07, 6.45) is -5.89. The van der Waals surface area contributed by atoms with Crippen molar-refractivity contribution in [3.05, 3.63) is 317 Å². The number of hydrogen-bond acceptors (Lipinski definition) is 18. The first kappa shape index (κ1) is 116. The number of benzene rings is 13. The third-order valence-electron chi connectivity index (χ3n) is 20.1. The van der Waals surface area contributed by atoms with Crippen molar-refractivity contribution in [1.82, 2.24) is 0 Å². The molecule has 0 bridgehead atoms. The monoisotopic (exact) mass is 1990 g/mol. The molecule has 13 aromatic rings. The van der Waals surface area contributed by atoms with Gasteiger partial charge in [0, 0.05) is 45.0 Å². The minimum Gasteiger partial charge on any atom is -0.497 e. The van der Waals surface area contributed by atoms with Gasteiger partial charge in [-0.05, 0) is 225 Å². The quantitative estimate of drug-likeness (QED) is 0.0328. The van der Waals surface area contributed by atoms with Gasteiger partial charge in [0.1, 0.15) is 40.2 Å². The Kier molecular flexibility index (Phi) is 43.6. The number of ether oxygens (including phenoxy) is 11. The van der Waals surface area contributed by atoms with Gasteiger partial charge in [-0.3, -0.25) is 33.6 Å². The number of methoxy groups -OCH3 is 10. The van der Waals surface area contributed by atoms with Gasteiger partial charge in [0.05, 0.1) is 76.1 Å². The lowest BCUT2D eigenvalue weighted by Crippen LogP contribution is -2.74. The van der Waals surface area contributed by atoms with Crippen molar-refractivity contribution >= 4 is 84.4 Å². The number of fused-ring (bicyclic) bond motifs is 3. The van der Waals surface area contributed by atoms with Gasteiger partial charge in [0.15, 0.2) is 70.1 Å². The average Bonchev–Trinajstić information content (AvgIpc) is 0.696. The largest absolute Gasteiger partial charge is 0.497 e. The van der Waals surface area contributed by atoms with Crippen molar-refractivity contribution in [2.24, 2.45) is 0 Å². The molecule has 18 nitrogen and oxygen atoms in total. The lowest BCUT2D eigenvalue weighted by molar-refractivity contribution is -0.447. The predicted molar refractivity (Wildman–Crippen MR) is 503 cm³/mol. The summed E-state index contributed by atoms with van der Waals surface area (Å²) in [4.78, 5) is 77.5. The van der Waals surface area contributed by atoms with Gasteiger partial charge in [0.2, 0.25) is 0 Å². The van der Waals surface area contributed by atoms with Crippen LogP contribution in [0.5, 0.6) is 63.2 Å². The fraction of sp³-hybridized carbons (Fsp3) is 0.248. The fourth-order valence-corrected chi connectivity index (χ4v) is 12.1. The predicted octanol–water partition coefficient (Wildman–Crippen LogP) is 27.6. The second-order valence-electron chi connectivity index (χ2n) is 29.6. The molecule has 0 aromatic heterocycles. The van der Waals surface area contributed by atoms with Crippen molar-refractivity contribution in [1.29, 1.82) is 0 Å². The normalized spacial score (nSPS) is 11.1. The first-order chi connectivity index (χ1) is 65.8. The summed E-state index contributed by atoms with van der Waals surface area (Å²) in [5, 5.41) is 4.98. The molecule has 0 spiro atoms. The van der Waals surface area contributed by atoms with E-state index < -0.39 is 66.0 Å². The highest BCUT2D eigenvalue weighted by Crippen LogP contribution is 2.63. The zero-order chi connectivity index (χ0) is 105. The molecule has 0 fully saturated rings. The third kappa shape index (κ3) is 30.9. The zero-order valence-electron chi connectivity index (χ0n) is 78.5. The van der Waals surface area contributed by atoms with E-state index in [0.717, 1.165) is 97.1 Å². The standard InChI is InChI=1S/C21H12F16O2.C14H14O2.C14H12O2.C13H12O2.C10H10O2.C9H10O2.C8H9ClO2.2C8H10O2/c1-9(38)10-2-3-12-7-13(5-4-11(12)6-10)39-8-15(24,25)17(28,29)19(32,33)21(36,37)20(34,35)18(30,31)16(26,27)14(22)23;1-15-13-7-3-11(4-8-13)12-5-9-14(16-2)10-6-12;1-9(15)11-3-5-14-8-12(10(2)16)4-6-13(14)7-11;1-9(14)10-3-4-12-8-13(15-2)6-5-11(12)7-10;1-7(11)9-3-5-10(6-4-9)8(2)12;1-7(10)8-3-5-9(11-2)6-4-8;1-10-6-3-4-8(11-2)7(9)5-6;2*1-9-7-5-3-4-6-8(7)10-2/h2-7,14H,8H2,1H3;3-10H,1-2H3;3-8H,1-2H3;3-8H,1-2H3;3-6H,1-2H3;3-6H,1-2H3;3-5H,1-2H3;2*3-6H,1-2H3. The van der Waals surface area contributed by atoms with Crippen LogP contribution < -0.4 is 52.1 Å². The Bertz CT molecular complexity index is 6080. The molecule has 0 N–H and O–H groups in total. The number of hydrogen-bond donors (Lipinski definition) is 0. The van der Waals surface area contributed by atoms with Gasteiger partial charge >= 0.3 is 47.9 Å². The average molecular weight is 1990 g/mol. The topological polar surface area (TPSA) is 221 Å². The number of alkyl halides is 16. The van der Waals surface area contributed by atoms with Gasteiger partial charge in [-0.15, -0.1) is 0 Å². The molecular weight excluding hydrogens is 1890 g/mol. The number of halogens is 17. The molecule has 0 heterocycles. The molecule has 13 aromatic carbocycles. The van der Waals surface area contributed by atoms with Crippen LogP contribution >= 0.6 is 11.6 Å². The smallest absolute Gasteiger partial charge is 0.385 e. The first-order valence-electron chi connectivity index (χ1n) is 41.3. The molecule has 746 valence electrons. The van der Waals surface area contributed by atoms with Crippen LogP contribution in [0, 0.1) is 0 Å². The molecule has 0 amide bonds. The molecule has 0 aliphatic rings. The molecule has 140 heavy (non-hydrogen) atoms. The van der Waals surface area contributed by atoms with E-state index in [2.05, 4.69) is 4.74 Å². The van der Waals surface area contributed by atoms with Crippen molar-refractivity contribution < 1.29 is 156 Å². The van der Waals surface area contributed by atoms with Crippen molar-refractivity contribution in [3.63, 3.8) is 0 Å². The van der Waals surface area contributed by atoms with Crippen molar-refractivity contribution in [3.8, 4) is 74.4 Å². The Morgan fingerprint density at radius 2 is 0.464 bits per heavy atom. The van der Waals surface area contributed by atoms with Crippen LogP contribution in [0.25, 0.3) is 43.4 Å². The Balaban J connectivity index is 0.000000292. The lowest BCUT2D eigenvalue weighted by atomic mass is 9.89. The summed E-state index contributed by atoms with van der Waals surface area (Å²) in [5.74, 6) is -48.1. The van der Waals surface area contributed by atoms with E-state index in [1.807, 2.05) is 158 Å². The second-order valence-corrected chi connectivity index (χ2v) is 30.0. The summed E-state index contributed by atoms with van der Waals surface area (Å²) in [5.41, 5.74) is 6.63. The molecule has 0 aliphatic heterocycles. The molecule has 35 heteroatoms. The van der Waals surface area contributed by atoms with Gasteiger partial charge in [-0.25, -0.2) is 8.78 Å². The Labute approximate surface area is 801 Å². The van der Waals surface area contributed by atoms with E-state index in [0.29, 0.717) is 38.6 Å². The summed E-state index contributed by atoms with van der Waals surface area (Å²) in [6, 6.07) is 78.8. The molecule has 0 radical (unpaired) electrons. The Morgan fingerprint density at radius 3 is 0.736 bits per heavy atom. The molecule has 13 rings (SSSR count).